The lowest BCUT2D eigenvalue weighted by atomic mass is 9.96. The van der Waals surface area contributed by atoms with Crippen LogP contribution in [0, 0.1) is 0 Å². The Labute approximate surface area is 169 Å². The van der Waals surface area contributed by atoms with E-state index in [1.165, 1.54) is 31.0 Å². The Kier molecular flexibility index (Phi) is 5.80. The first kappa shape index (κ1) is 19.2. The predicted octanol–water partition coefficient (Wildman–Crippen LogP) is 4.25. The Morgan fingerprint density at radius 2 is 1.71 bits per heavy atom. The maximum Gasteiger partial charge on any atom is 0.270 e. The number of amides is 1. The van der Waals surface area contributed by atoms with Crippen molar-refractivity contribution < 1.29 is 9.53 Å². The lowest BCUT2D eigenvalue weighted by molar-refractivity contribution is -0.113. The van der Waals surface area contributed by atoms with E-state index in [4.69, 9.17) is 4.74 Å². The number of nitrogens with one attached hydrogen (secondary N) is 2. The van der Waals surface area contributed by atoms with Gasteiger partial charge in [-0.15, -0.1) is 11.8 Å². The molecule has 6 nitrogen and oxygen atoms in total. The van der Waals surface area contributed by atoms with Gasteiger partial charge in [-0.3, -0.25) is 19.4 Å². The molecule has 1 saturated carbocycles. The first-order valence-electron chi connectivity index (χ1n) is 10.1. The van der Waals surface area contributed by atoms with Crippen LogP contribution in [0.15, 0.2) is 29.1 Å². The average molecular weight is 402 g/mol. The molecule has 1 aromatic heterocycles. The Balaban J connectivity index is 1.74. The molecule has 1 fully saturated rings. The molecule has 1 amide bonds. The minimum Gasteiger partial charge on any atom is -0.497 e. The van der Waals surface area contributed by atoms with Crippen LogP contribution < -0.4 is 15.6 Å². The van der Waals surface area contributed by atoms with Crippen molar-refractivity contribution in [2.45, 2.75) is 56.2 Å². The number of thioether (sulfide) groups is 1. The second kappa shape index (κ2) is 8.47. The van der Waals surface area contributed by atoms with Gasteiger partial charge >= 0.3 is 0 Å². The minimum absolute atomic E-state index is 0.0548. The van der Waals surface area contributed by atoms with E-state index in [2.05, 4.69) is 10.4 Å². The van der Waals surface area contributed by atoms with E-state index in [1.807, 2.05) is 28.9 Å². The van der Waals surface area contributed by atoms with Crippen molar-refractivity contribution >= 4 is 23.5 Å². The normalized spacial score (nSPS) is 21.2. The highest BCUT2D eigenvalue weighted by molar-refractivity contribution is 8.00. The number of hydrogen-bond acceptors (Lipinski definition) is 4. The van der Waals surface area contributed by atoms with Gasteiger partial charge in [0.15, 0.2) is 0 Å². The molecule has 2 aromatic rings. The van der Waals surface area contributed by atoms with Gasteiger partial charge in [0, 0.05) is 0 Å². The maximum absolute atomic E-state index is 13.0. The molecule has 2 heterocycles. The number of nitrogens with zero attached hydrogens (tertiary/aromatic N) is 1. The first-order valence-corrected chi connectivity index (χ1v) is 11.1. The zero-order valence-corrected chi connectivity index (χ0v) is 17.0. The average Bonchev–Trinajstić information content (AvgIpc) is 2.88. The molecule has 1 unspecified atom stereocenters. The first-order chi connectivity index (χ1) is 13.7. The van der Waals surface area contributed by atoms with Crippen LogP contribution in [0.5, 0.6) is 5.75 Å². The molecule has 2 N–H and O–H groups in total. The molecule has 0 bridgehead atoms. The largest absolute Gasteiger partial charge is 0.497 e. The molecular weight excluding hydrogens is 374 g/mol. The third-order valence-corrected chi connectivity index (χ3v) is 6.99. The number of H-pyrrole nitrogens is 1. The number of benzene rings is 1. The summed E-state index contributed by atoms with van der Waals surface area (Å²) < 4.78 is 7.20. The molecule has 150 valence electrons. The highest BCUT2D eigenvalue weighted by atomic mass is 32.2. The fourth-order valence-corrected chi connectivity index (χ4v) is 5.38. The van der Waals surface area contributed by atoms with E-state index < -0.39 is 0 Å². The van der Waals surface area contributed by atoms with Crippen LogP contribution in [0.3, 0.4) is 0 Å². The van der Waals surface area contributed by atoms with Crippen molar-refractivity contribution in [1.29, 1.82) is 0 Å². The summed E-state index contributed by atoms with van der Waals surface area (Å²) in [6.07, 6.45) is 8.15. The molecule has 1 aliphatic carbocycles. The number of hydrogen-bond donors (Lipinski definition) is 2. The molecule has 7 heteroatoms. The van der Waals surface area contributed by atoms with E-state index in [1.54, 1.807) is 7.11 Å². The van der Waals surface area contributed by atoms with Gasteiger partial charge < -0.3 is 10.1 Å². The third-order valence-electron chi connectivity index (χ3n) is 5.72. The van der Waals surface area contributed by atoms with Crippen LogP contribution in [0.1, 0.15) is 67.4 Å². The Morgan fingerprint density at radius 3 is 2.39 bits per heavy atom. The number of carbonyl (C=O) groups excluding carboxylic acids is 1. The molecule has 0 saturated heterocycles. The number of ether oxygens (including phenoxy) is 1. The van der Waals surface area contributed by atoms with Crippen molar-refractivity contribution in [1.82, 2.24) is 9.78 Å². The molecule has 0 spiro atoms. The lowest BCUT2D eigenvalue weighted by Crippen LogP contribution is -2.20. The number of fused-ring (bicyclic) bond motifs is 1. The van der Waals surface area contributed by atoms with Gasteiger partial charge in [0.05, 0.1) is 29.7 Å². The molecule has 1 atom stereocenters. The van der Waals surface area contributed by atoms with Crippen molar-refractivity contribution in [2.75, 3.05) is 18.2 Å². The van der Waals surface area contributed by atoms with Gasteiger partial charge in [-0.1, -0.05) is 44.2 Å². The number of anilines is 1. The van der Waals surface area contributed by atoms with Gasteiger partial charge in [-0.2, -0.15) is 0 Å². The van der Waals surface area contributed by atoms with Gasteiger partial charge in [-0.05, 0) is 30.5 Å². The highest BCUT2D eigenvalue weighted by Gasteiger charge is 2.32. The summed E-state index contributed by atoms with van der Waals surface area (Å²) in [6.45, 7) is 0. The summed E-state index contributed by atoms with van der Waals surface area (Å²) in [5, 5.41) is 5.88. The summed E-state index contributed by atoms with van der Waals surface area (Å²) in [4.78, 5) is 25.4. The second-order valence-electron chi connectivity index (χ2n) is 7.58. The van der Waals surface area contributed by atoms with Crippen LogP contribution in [-0.4, -0.2) is 28.6 Å². The molecule has 28 heavy (non-hydrogen) atoms. The minimum atomic E-state index is -0.182. The van der Waals surface area contributed by atoms with Crippen LogP contribution in [-0.2, 0) is 4.79 Å². The summed E-state index contributed by atoms with van der Waals surface area (Å²) in [7, 11) is 1.63. The number of methoxy groups -OCH3 is 1. The molecule has 4 rings (SSSR count). The SMILES string of the molecule is COc1ccc(C2SCC(=O)Nc3c2c(=O)[nH]n3C2CCCCCCC2)cc1. The predicted molar refractivity (Wildman–Crippen MR) is 112 cm³/mol. The van der Waals surface area contributed by atoms with Gasteiger partial charge in [0.2, 0.25) is 5.91 Å². The maximum atomic E-state index is 13.0. The second-order valence-corrected chi connectivity index (χ2v) is 8.68. The number of aromatic nitrogens is 2. The number of carbonyl (C=O) groups is 1. The van der Waals surface area contributed by atoms with Crippen molar-refractivity contribution in [3.63, 3.8) is 0 Å². The Hall–Kier alpha value is -2.15. The highest BCUT2D eigenvalue weighted by Crippen LogP contribution is 2.41. The summed E-state index contributed by atoms with van der Waals surface area (Å²) in [6, 6.07) is 7.98. The molecule has 1 aliphatic heterocycles. The number of aromatic amines is 1. The van der Waals surface area contributed by atoms with Crippen LogP contribution in [0.25, 0.3) is 0 Å². The summed E-state index contributed by atoms with van der Waals surface area (Å²) >= 11 is 1.50. The standard InChI is InChI=1S/C21H27N3O3S/c1-27-16-11-9-14(10-12-16)19-18-20(22-17(25)13-28-19)24(23-21(18)26)15-7-5-3-2-4-6-8-15/h9-12,15,19H,2-8,13H2,1H3,(H,22,25)(H,23,26). The Morgan fingerprint density at radius 1 is 1.04 bits per heavy atom. The van der Waals surface area contributed by atoms with Crippen molar-refractivity contribution in [3.8, 4) is 5.75 Å². The zero-order valence-electron chi connectivity index (χ0n) is 16.2. The third kappa shape index (κ3) is 3.85. The molecule has 2 aliphatic rings. The monoisotopic (exact) mass is 401 g/mol. The van der Waals surface area contributed by atoms with E-state index in [9.17, 15) is 9.59 Å². The van der Waals surface area contributed by atoms with Gasteiger partial charge in [0.1, 0.15) is 11.6 Å². The zero-order chi connectivity index (χ0) is 19.5. The number of rotatable bonds is 3. The van der Waals surface area contributed by atoms with E-state index in [0.717, 1.165) is 37.0 Å². The molecular formula is C21H27N3O3S. The van der Waals surface area contributed by atoms with Crippen LogP contribution in [0.2, 0.25) is 0 Å². The van der Waals surface area contributed by atoms with Crippen LogP contribution in [0.4, 0.5) is 5.82 Å². The van der Waals surface area contributed by atoms with E-state index in [0.29, 0.717) is 17.1 Å². The topological polar surface area (TPSA) is 76.1 Å². The van der Waals surface area contributed by atoms with E-state index in [-0.39, 0.29) is 22.8 Å². The molecule has 1 aromatic carbocycles. The lowest BCUT2D eigenvalue weighted by Gasteiger charge is -2.23. The fraction of sp³-hybridized carbons (Fsp3) is 0.524. The van der Waals surface area contributed by atoms with Crippen LogP contribution >= 0.6 is 11.8 Å². The quantitative estimate of drug-likeness (QED) is 0.806. The fourth-order valence-electron chi connectivity index (χ4n) is 4.25. The summed E-state index contributed by atoms with van der Waals surface area (Å²) in [5.74, 6) is 1.71. The van der Waals surface area contributed by atoms with Gasteiger partial charge in [0.25, 0.3) is 5.56 Å². The summed E-state index contributed by atoms with van der Waals surface area (Å²) in [5.41, 5.74) is 1.56. The van der Waals surface area contributed by atoms with Gasteiger partial charge in [-0.25, -0.2) is 0 Å². The van der Waals surface area contributed by atoms with Crippen molar-refractivity contribution in [2.24, 2.45) is 0 Å². The van der Waals surface area contributed by atoms with E-state index >= 15 is 0 Å². The molecule has 0 radical (unpaired) electrons. The smallest absolute Gasteiger partial charge is 0.270 e. The van der Waals surface area contributed by atoms with Crippen molar-refractivity contribution in [3.05, 3.63) is 45.7 Å². The Bertz CT molecular complexity index is 879.